The predicted molar refractivity (Wildman–Crippen MR) is 75.8 cm³/mol. The summed E-state index contributed by atoms with van der Waals surface area (Å²) in [6.45, 7) is 1.92. The van der Waals surface area contributed by atoms with Crippen molar-refractivity contribution in [3.63, 3.8) is 0 Å². The molecule has 1 N–H and O–H groups in total. The fraction of sp³-hybridized carbons (Fsp3) is 0.333. The van der Waals surface area contributed by atoms with Gasteiger partial charge in [-0.2, -0.15) is 9.40 Å². The van der Waals surface area contributed by atoms with Gasteiger partial charge in [-0.1, -0.05) is 6.07 Å². The minimum absolute atomic E-state index is 0.0246. The molecule has 0 fully saturated rings. The van der Waals surface area contributed by atoms with Crippen LogP contribution in [0, 0.1) is 6.92 Å². The molecule has 0 aliphatic rings. The van der Waals surface area contributed by atoms with E-state index in [1.807, 2.05) is 6.07 Å². The second kappa shape index (κ2) is 5.90. The molecule has 0 radical (unpaired) electrons. The molecule has 2 aromatic rings. The molecule has 0 spiro atoms. The lowest BCUT2D eigenvalue weighted by Gasteiger charge is -2.15. The third kappa shape index (κ3) is 2.84. The number of sulfonamides is 1. The third-order valence-corrected chi connectivity index (χ3v) is 4.98. The van der Waals surface area contributed by atoms with Gasteiger partial charge in [-0.3, -0.25) is 10.1 Å². The zero-order valence-corrected chi connectivity index (χ0v) is 12.7. The van der Waals surface area contributed by atoms with Crippen LogP contribution in [0.25, 0.3) is 0 Å². The first-order valence-electron chi connectivity index (χ1n) is 5.93. The number of pyridine rings is 1. The Morgan fingerprint density at radius 2 is 2.15 bits per heavy atom. The highest BCUT2D eigenvalue weighted by Gasteiger charge is 2.28. The molecule has 108 valence electrons. The number of H-pyrrole nitrogens is 1. The molecule has 20 heavy (non-hydrogen) atoms. The Bertz CT molecular complexity index is 685. The van der Waals surface area contributed by atoms with E-state index in [1.54, 1.807) is 25.3 Å². The number of aromatic nitrogens is 3. The number of aromatic amines is 1. The van der Waals surface area contributed by atoms with Gasteiger partial charge in [0.25, 0.3) is 10.0 Å². The van der Waals surface area contributed by atoms with Gasteiger partial charge in [0, 0.05) is 24.5 Å². The summed E-state index contributed by atoms with van der Waals surface area (Å²) < 4.78 is 26.2. The molecule has 0 atom stereocenters. The number of hydrogen-bond acceptors (Lipinski definition) is 4. The van der Waals surface area contributed by atoms with E-state index in [0.29, 0.717) is 17.0 Å². The van der Waals surface area contributed by atoms with E-state index in [0.717, 1.165) is 0 Å². The highest BCUT2D eigenvalue weighted by atomic mass is 35.5. The first-order valence-corrected chi connectivity index (χ1v) is 7.90. The molecule has 0 bridgehead atoms. The average molecular weight is 315 g/mol. The number of nitrogens with one attached hydrogen (secondary N) is 1. The van der Waals surface area contributed by atoms with Crippen LogP contribution in [-0.2, 0) is 22.4 Å². The average Bonchev–Trinajstić information content (AvgIpc) is 2.81. The fourth-order valence-corrected chi connectivity index (χ4v) is 3.45. The van der Waals surface area contributed by atoms with Crippen molar-refractivity contribution >= 4 is 21.6 Å². The topological polar surface area (TPSA) is 79.0 Å². The summed E-state index contributed by atoms with van der Waals surface area (Å²) in [7, 11) is -2.20. The van der Waals surface area contributed by atoms with E-state index in [-0.39, 0.29) is 17.5 Å². The van der Waals surface area contributed by atoms with E-state index < -0.39 is 10.0 Å². The molecular formula is C12H15ClN4O2S. The lowest BCUT2D eigenvalue weighted by Crippen LogP contribution is -2.28. The van der Waals surface area contributed by atoms with Crippen LogP contribution < -0.4 is 0 Å². The predicted octanol–water partition coefficient (Wildman–Crippen LogP) is 1.67. The molecule has 0 aromatic carbocycles. The summed E-state index contributed by atoms with van der Waals surface area (Å²) in [5.41, 5.74) is 1.82. The molecule has 2 aromatic heterocycles. The molecule has 8 heteroatoms. The van der Waals surface area contributed by atoms with E-state index in [1.165, 1.54) is 11.4 Å². The summed E-state index contributed by atoms with van der Waals surface area (Å²) in [5, 5.41) is 6.49. The van der Waals surface area contributed by atoms with Crippen LogP contribution in [0.4, 0.5) is 0 Å². The number of rotatable bonds is 5. The van der Waals surface area contributed by atoms with Crippen molar-refractivity contribution < 1.29 is 8.42 Å². The second-order valence-electron chi connectivity index (χ2n) is 4.35. The van der Waals surface area contributed by atoms with E-state index in [9.17, 15) is 8.42 Å². The molecule has 0 saturated heterocycles. The number of halogens is 1. The minimum atomic E-state index is -3.69. The maximum Gasteiger partial charge on any atom is 0.262 e. The molecule has 2 heterocycles. The van der Waals surface area contributed by atoms with Gasteiger partial charge in [0.2, 0.25) is 0 Å². The van der Waals surface area contributed by atoms with Crippen molar-refractivity contribution in [1.82, 2.24) is 19.5 Å². The highest BCUT2D eigenvalue weighted by molar-refractivity contribution is 7.89. The number of alkyl halides is 1. The summed E-state index contributed by atoms with van der Waals surface area (Å²) in [4.78, 5) is 4.11. The molecule has 0 aliphatic carbocycles. The van der Waals surface area contributed by atoms with Crippen molar-refractivity contribution in [3.05, 3.63) is 41.3 Å². The van der Waals surface area contributed by atoms with Crippen molar-refractivity contribution in [3.8, 4) is 0 Å². The van der Waals surface area contributed by atoms with Crippen molar-refractivity contribution in [1.29, 1.82) is 0 Å². The number of nitrogens with zero attached hydrogens (tertiary/aromatic N) is 3. The zero-order chi connectivity index (χ0) is 14.8. The van der Waals surface area contributed by atoms with Crippen molar-refractivity contribution in [2.75, 3.05) is 7.05 Å². The maximum atomic E-state index is 12.5. The standard InChI is InChI=1S/C12H15ClN4O2S/c1-9-11(7-13)12(16-15-9)20(18,19)17(2)8-10-5-3-4-6-14-10/h3-6H,7-8H2,1-2H3,(H,15,16). The Morgan fingerprint density at radius 3 is 2.75 bits per heavy atom. The fourth-order valence-electron chi connectivity index (χ4n) is 1.75. The first-order chi connectivity index (χ1) is 9.46. The largest absolute Gasteiger partial charge is 0.281 e. The minimum Gasteiger partial charge on any atom is -0.281 e. The van der Waals surface area contributed by atoms with Crippen LogP contribution in [-0.4, -0.2) is 35.0 Å². The van der Waals surface area contributed by atoms with Gasteiger partial charge in [0.1, 0.15) is 0 Å². The lowest BCUT2D eigenvalue weighted by atomic mass is 10.3. The lowest BCUT2D eigenvalue weighted by molar-refractivity contribution is 0.458. The number of aryl methyl sites for hydroxylation is 1. The summed E-state index contributed by atoms with van der Waals surface area (Å²) in [5.74, 6) is 0.0916. The van der Waals surface area contributed by atoms with Crippen molar-refractivity contribution in [2.24, 2.45) is 0 Å². The molecule has 6 nitrogen and oxygen atoms in total. The quantitative estimate of drug-likeness (QED) is 0.851. The second-order valence-corrected chi connectivity index (χ2v) is 6.58. The van der Waals surface area contributed by atoms with Crippen LogP contribution in [0.1, 0.15) is 17.0 Å². The number of hydrogen-bond donors (Lipinski definition) is 1. The van der Waals surface area contributed by atoms with E-state index in [2.05, 4.69) is 15.2 Å². The molecule has 0 saturated carbocycles. The van der Waals surface area contributed by atoms with Crippen LogP contribution in [0.2, 0.25) is 0 Å². The van der Waals surface area contributed by atoms with Gasteiger partial charge in [-0.25, -0.2) is 8.42 Å². The summed E-state index contributed by atoms with van der Waals surface area (Å²) in [6, 6.07) is 5.36. The summed E-state index contributed by atoms with van der Waals surface area (Å²) >= 11 is 5.79. The molecule has 0 amide bonds. The Hall–Kier alpha value is -1.44. The van der Waals surface area contributed by atoms with E-state index >= 15 is 0 Å². The van der Waals surface area contributed by atoms with Crippen LogP contribution in [0.3, 0.4) is 0 Å². The summed E-state index contributed by atoms with van der Waals surface area (Å²) in [6.07, 6.45) is 1.62. The molecular weight excluding hydrogens is 300 g/mol. The van der Waals surface area contributed by atoms with Crippen LogP contribution >= 0.6 is 11.6 Å². The Morgan fingerprint density at radius 1 is 1.40 bits per heavy atom. The molecule has 0 unspecified atom stereocenters. The van der Waals surface area contributed by atoms with Gasteiger partial charge in [-0.15, -0.1) is 11.6 Å². The first kappa shape index (κ1) is 15.0. The third-order valence-electron chi connectivity index (χ3n) is 2.94. The zero-order valence-electron chi connectivity index (χ0n) is 11.2. The normalized spacial score (nSPS) is 12.0. The van der Waals surface area contributed by atoms with Crippen molar-refractivity contribution in [2.45, 2.75) is 24.4 Å². The maximum absolute atomic E-state index is 12.5. The Kier molecular flexibility index (Phi) is 4.42. The Balaban J connectivity index is 2.30. The molecule has 0 aliphatic heterocycles. The van der Waals surface area contributed by atoms with E-state index in [4.69, 9.17) is 11.6 Å². The van der Waals surface area contributed by atoms with Crippen LogP contribution in [0.15, 0.2) is 29.4 Å². The SMILES string of the molecule is Cc1[nH]nc(S(=O)(=O)N(C)Cc2ccccn2)c1CCl. The smallest absolute Gasteiger partial charge is 0.262 e. The van der Waals surface area contributed by atoms with Gasteiger partial charge in [0.15, 0.2) is 5.03 Å². The van der Waals surface area contributed by atoms with Crippen LogP contribution in [0.5, 0.6) is 0 Å². The van der Waals surface area contributed by atoms with Gasteiger partial charge in [-0.05, 0) is 19.1 Å². The Labute approximate surface area is 122 Å². The van der Waals surface area contributed by atoms with Gasteiger partial charge >= 0.3 is 0 Å². The molecule has 2 rings (SSSR count). The van der Waals surface area contributed by atoms with Gasteiger partial charge < -0.3 is 0 Å². The van der Waals surface area contributed by atoms with Gasteiger partial charge in [0.05, 0.1) is 18.1 Å². The highest BCUT2D eigenvalue weighted by Crippen LogP contribution is 2.22. The monoisotopic (exact) mass is 314 g/mol.